The molecule has 0 saturated heterocycles. The maximum absolute atomic E-state index is 12.7. The van der Waals surface area contributed by atoms with E-state index in [1.807, 2.05) is 13.8 Å². The average molecular weight is 312 g/mol. The molecule has 116 valence electrons. The second-order valence-corrected chi connectivity index (χ2v) is 4.54. The van der Waals surface area contributed by atoms with E-state index in [2.05, 4.69) is 0 Å². The van der Waals surface area contributed by atoms with Crippen molar-refractivity contribution >= 4 is 12.4 Å². The van der Waals surface area contributed by atoms with Gasteiger partial charge in [-0.2, -0.15) is 13.2 Å². The molecule has 6 heteroatoms. The molecule has 0 amide bonds. The maximum Gasteiger partial charge on any atom is 0.416 e. The number of ether oxygens (including phenoxy) is 1. The van der Waals surface area contributed by atoms with Crippen LogP contribution in [0.2, 0.25) is 0 Å². The molecular formula is C14H21ClF3NO. The van der Waals surface area contributed by atoms with Gasteiger partial charge >= 0.3 is 6.18 Å². The van der Waals surface area contributed by atoms with Crippen LogP contribution >= 0.6 is 12.4 Å². The highest BCUT2D eigenvalue weighted by molar-refractivity contribution is 5.85. The molecular weight excluding hydrogens is 291 g/mol. The summed E-state index contributed by atoms with van der Waals surface area (Å²) in [5, 5.41) is 0. The van der Waals surface area contributed by atoms with Crippen LogP contribution in [0.1, 0.15) is 37.8 Å². The number of nitrogens with two attached hydrogens (primary N) is 1. The zero-order valence-electron chi connectivity index (χ0n) is 11.7. The second-order valence-electron chi connectivity index (χ2n) is 4.54. The quantitative estimate of drug-likeness (QED) is 0.854. The number of hydrogen-bond acceptors (Lipinski definition) is 2. The van der Waals surface area contributed by atoms with Crippen molar-refractivity contribution in [3.63, 3.8) is 0 Å². The van der Waals surface area contributed by atoms with E-state index < -0.39 is 11.7 Å². The molecule has 0 saturated carbocycles. The Labute approximate surface area is 123 Å². The van der Waals surface area contributed by atoms with E-state index in [0.29, 0.717) is 30.8 Å². The van der Waals surface area contributed by atoms with Gasteiger partial charge in [0, 0.05) is 6.04 Å². The van der Waals surface area contributed by atoms with E-state index >= 15 is 0 Å². The van der Waals surface area contributed by atoms with Crippen LogP contribution in [-0.4, -0.2) is 12.6 Å². The van der Waals surface area contributed by atoms with E-state index in [1.54, 1.807) is 0 Å². The molecule has 20 heavy (non-hydrogen) atoms. The van der Waals surface area contributed by atoms with Gasteiger partial charge < -0.3 is 10.5 Å². The van der Waals surface area contributed by atoms with Crippen molar-refractivity contribution in [2.45, 2.75) is 45.3 Å². The summed E-state index contributed by atoms with van der Waals surface area (Å²) in [5.74, 6) is 0.499. The molecule has 0 aliphatic carbocycles. The number of hydrogen-bond donors (Lipinski definition) is 1. The van der Waals surface area contributed by atoms with Crippen molar-refractivity contribution in [1.29, 1.82) is 0 Å². The van der Waals surface area contributed by atoms with Gasteiger partial charge in [-0.15, -0.1) is 12.4 Å². The molecule has 0 aliphatic heterocycles. The minimum atomic E-state index is -4.34. The van der Waals surface area contributed by atoms with Gasteiger partial charge in [0.05, 0.1) is 12.2 Å². The normalized spacial score (nSPS) is 12.7. The van der Waals surface area contributed by atoms with E-state index in [1.165, 1.54) is 6.07 Å². The average Bonchev–Trinajstić information content (AvgIpc) is 2.35. The number of halogens is 4. The molecule has 0 spiro atoms. The van der Waals surface area contributed by atoms with Crippen molar-refractivity contribution in [1.82, 2.24) is 0 Å². The summed E-state index contributed by atoms with van der Waals surface area (Å²) < 4.78 is 43.6. The molecule has 0 radical (unpaired) electrons. The molecule has 0 bridgehead atoms. The molecule has 2 nitrogen and oxygen atoms in total. The zero-order chi connectivity index (χ0) is 14.5. The lowest BCUT2D eigenvalue weighted by atomic mass is 10.0. The number of alkyl halides is 3. The molecule has 1 rings (SSSR count). The SMILES string of the molecule is CCCOc1ccc(C(F)(F)F)cc1CC(N)CC.Cl. The van der Waals surface area contributed by atoms with E-state index in [9.17, 15) is 13.2 Å². The highest BCUT2D eigenvalue weighted by atomic mass is 35.5. The third-order valence-electron chi connectivity index (χ3n) is 2.86. The van der Waals surface area contributed by atoms with Gasteiger partial charge in [0.2, 0.25) is 0 Å². The van der Waals surface area contributed by atoms with Crippen LogP contribution in [0.4, 0.5) is 13.2 Å². The molecule has 1 unspecified atom stereocenters. The van der Waals surface area contributed by atoms with Gasteiger partial charge in [-0.25, -0.2) is 0 Å². The first-order valence-corrected chi connectivity index (χ1v) is 6.47. The summed E-state index contributed by atoms with van der Waals surface area (Å²) in [6, 6.07) is 3.41. The summed E-state index contributed by atoms with van der Waals surface area (Å²) >= 11 is 0. The molecule has 2 N–H and O–H groups in total. The van der Waals surface area contributed by atoms with Crippen LogP contribution in [0.5, 0.6) is 5.75 Å². The fourth-order valence-corrected chi connectivity index (χ4v) is 1.69. The number of benzene rings is 1. The molecule has 1 atom stereocenters. The lowest BCUT2D eigenvalue weighted by Gasteiger charge is -2.16. The topological polar surface area (TPSA) is 35.2 Å². The molecule has 1 aromatic rings. The first-order chi connectivity index (χ1) is 8.88. The van der Waals surface area contributed by atoms with Crippen LogP contribution in [0, 0.1) is 0 Å². The lowest BCUT2D eigenvalue weighted by Crippen LogP contribution is -2.22. The van der Waals surface area contributed by atoms with Gasteiger partial charge in [0.25, 0.3) is 0 Å². The lowest BCUT2D eigenvalue weighted by molar-refractivity contribution is -0.137. The zero-order valence-corrected chi connectivity index (χ0v) is 12.5. The number of rotatable bonds is 6. The molecule has 0 fully saturated rings. The Balaban J connectivity index is 0.00000361. The van der Waals surface area contributed by atoms with Gasteiger partial charge in [-0.3, -0.25) is 0 Å². The predicted molar refractivity (Wildman–Crippen MR) is 76.4 cm³/mol. The predicted octanol–water partition coefficient (Wildman–Crippen LogP) is 4.20. The van der Waals surface area contributed by atoms with Crippen LogP contribution in [0.25, 0.3) is 0 Å². The van der Waals surface area contributed by atoms with Crippen molar-refractivity contribution in [3.05, 3.63) is 29.3 Å². The fraction of sp³-hybridized carbons (Fsp3) is 0.571. The summed E-state index contributed by atoms with van der Waals surface area (Å²) in [7, 11) is 0. The van der Waals surface area contributed by atoms with Gasteiger partial charge in [-0.1, -0.05) is 13.8 Å². The Morgan fingerprint density at radius 3 is 2.40 bits per heavy atom. The van der Waals surface area contributed by atoms with Gasteiger partial charge in [0.15, 0.2) is 0 Å². The fourth-order valence-electron chi connectivity index (χ4n) is 1.69. The third-order valence-corrected chi connectivity index (χ3v) is 2.86. The van der Waals surface area contributed by atoms with Crippen molar-refractivity contribution in [2.75, 3.05) is 6.61 Å². The highest BCUT2D eigenvalue weighted by Crippen LogP contribution is 2.33. The third kappa shape index (κ3) is 5.59. The Morgan fingerprint density at radius 2 is 1.90 bits per heavy atom. The van der Waals surface area contributed by atoms with E-state index in [4.69, 9.17) is 10.5 Å². The van der Waals surface area contributed by atoms with Gasteiger partial charge in [-0.05, 0) is 43.0 Å². The smallest absolute Gasteiger partial charge is 0.416 e. The summed E-state index contributed by atoms with van der Waals surface area (Å²) in [6.45, 7) is 4.34. The minimum Gasteiger partial charge on any atom is -0.493 e. The first kappa shape index (κ1) is 19.1. The first-order valence-electron chi connectivity index (χ1n) is 6.47. The maximum atomic E-state index is 12.7. The molecule has 0 aliphatic rings. The monoisotopic (exact) mass is 311 g/mol. The van der Waals surface area contributed by atoms with E-state index in [-0.39, 0.29) is 18.4 Å². The molecule has 1 aromatic carbocycles. The van der Waals surface area contributed by atoms with Crippen LogP contribution in [0.15, 0.2) is 18.2 Å². The molecule has 0 heterocycles. The van der Waals surface area contributed by atoms with Crippen LogP contribution < -0.4 is 10.5 Å². The summed E-state index contributed by atoms with van der Waals surface area (Å²) in [4.78, 5) is 0. The Hall–Kier alpha value is -0.940. The van der Waals surface area contributed by atoms with Crippen molar-refractivity contribution < 1.29 is 17.9 Å². The Kier molecular flexibility index (Phi) is 7.98. The summed E-state index contributed by atoms with van der Waals surface area (Å²) in [6.07, 6.45) is -2.43. The van der Waals surface area contributed by atoms with Crippen molar-refractivity contribution in [3.8, 4) is 5.75 Å². The standard InChI is InChI=1S/C14H20F3NO.ClH/c1-3-7-19-13-6-5-11(14(15,16)17)8-10(13)9-12(18)4-2;/h5-6,8,12H,3-4,7,9,18H2,1-2H3;1H. The Morgan fingerprint density at radius 1 is 1.25 bits per heavy atom. The van der Waals surface area contributed by atoms with E-state index in [0.717, 1.165) is 18.6 Å². The van der Waals surface area contributed by atoms with Crippen LogP contribution in [0.3, 0.4) is 0 Å². The highest BCUT2D eigenvalue weighted by Gasteiger charge is 2.31. The largest absolute Gasteiger partial charge is 0.493 e. The Bertz CT molecular complexity index is 410. The van der Waals surface area contributed by atoms with Crippen LogP contribution in [-0.2, 0) is 12.6 Å². The van der Waals surface area contributed by atoms with Gasteiger partial charge in [0.1, 0.15) is 5.75 Å². The minimum absolute atomic E-state index is 0. The second kappa shape index (κ2) is 8.37. The molecule has 0 aromatic heterocycles. The van der Waals surface area contributed by atoms with Crippen molar-refractivity contribution in [2.24, 2.45) is 5.73 Å². The summed E-state index contributed by atoms with van der Waals surface area (Å²) in [5.41, 5.74) is 5.69.